The Morgan fingerprint density at radius 3 is 2.93 bits per heavy atom. The zero-order valence-electron chi connectivity index (χ0n) is 8.60. The van der Waals surface area contributed by atoms with Gasteiger partial charge >= 0.3 is 0 Å². The molecular formula is C11H14ClN3. The van der Waals surface area contributed by atoms with Crippen LogP contribution in [-0.4, -0.2) is 6.04 Å². The summed E-state index contributed by atoms with van der Waals surface area (Å²) in [5.74, 6) is 5.93. The first kappa shape index (κ1) is 11.8. The molecular weight excluding hydrogens is 210 g/mol. The van der Waals surface area contributed by atoms with Crippen molar-refractivity contribution in [1.82, 2.24) is 0 Å². The maximum Gasteiger partial charge on any atom is 0.0991 e. The van der Waals surface area contributed by atoms with E-state index in [2.05, 4.69) is 13.0 Å². The van der Waals surface area contributed by atoms with Gasteiger partial charge in [0.1, 0.15) is 0 Å². The van der Waals surface area contributed by atoms with Crippen LogP contribution in [0.15, 0.2) is 18.2 Å². The van der Waals surface area contributed by atoms with Gasteiger partial charge in [-0.2, -0.15) is 5.26 Å². The Hall–Kier alpha value is -1.24. The van der Waals surface area contributed by atoms with E-state index in [0.717, 1.165) is 18.5 Å². The summed E-state index contributed by atoms with van der Waals surface area (Å²) in [7, 11) is 0. The second-order valence-electron chi connectivity index (χ2n) is 3.75. The van der Waals surface area contributed by atoms with Crippen molar-refractivity contribution in [2.75, 3.05) is 5.01 Å². The smallest absolute Gasteiger partial charge is 0.0991 e. The Morgan fingerprint density at radius 2 is 2.27 bits per heavy atom. The molecule has 15 heavy (non-hydrogen) atoms. The van der Waals surface area contributed by atoms with Gasteiger partial charge in [-0.3, -0.25) is 0 Å². The molecule has 0 saturated carbocycles. The van der Waals surface area contributed by atoms with Crippen LogP contribution in [0.3, 0.4) is 0 Å². The van der Waals surface area contributed by atoms with Gasteiger partial charge in [0.05, 0.1) is 17.3 Å². The number of aryl methyl sites for hydroxylation is 1. The lowest BCUT2D eigenvalue weighted by Crippen LogP contribution is -2.42. The summed E-state index contributed by atoms with van der Waals surface area (Å²) < 4.78 is 0. The molecule has 2 N–H and O–H groups in total. The van der Waals surface area contributed by atoms with Gasteiger partial charge in [0.15, 0.2) is 0 Å². The summed E-state index contributed by atoms with van der Waals surface area (Å²) in [6.45, 7) is 2.11. The highest BCUT2D eigenvalue weighted by Crippen LogP contribution is 2.28. The van der Waals surface area contributed by atoms with Crippen molar-refractivity contribution in [3.8, 4) is 6.07 Å². The second kappa shape index (κ2) is 4.52. The van der Waals surface area contributed by atoms with E-state index in [0.29, 0.717) is 11.6 Å². The molecule has 1 unspecified atom stereocenters. The quantitative estimate of drug-likeness (QED) is 0.685. The SMILES string of the molecule is CC1CCc2cc(C#N)ccc2N1N.Cl. The van der Waals surface area contributed by atoms with Crippen molar-refractivity contribution >= 4 is 18.1 Å². The molecule has 0 fully saturated rings. The average Bonchev–Trinajstić information content (AvgIpc) is 2.23. The van der Waals surface area contributed by atoms with E-state index in [1.165, 1.54) is 5.56 Å². The lowest BCUT2D eigenvalue weighted by molar-refractivity contribution is 0.574. The molecule has 80 valence electrons. The number of nitriles is 1. The van der Waals surface area contributed by atoms with Crippen LogP contribution in [0.1, 0.15) is 24.5 Å². The molecule has 0 radical (unpaired) electrons. The molecule has 0 saturated heterocycles. The van der Waals surface area contributed by atoms with E-state index >= 15 is 0 Å². The maximum atomic E-state index is 8.76. The largest absolute Gasteiger partial charge is 0.308 e. The summed E-state index contributed by atoms with van der Waals surface area (Å²) in [5.41, 5.74) is 2.96. The molecule has 1 atom stereocenters. The first-order valence-electron chi connectivity index (χ1n) is 4.79. The molecule has 2 rings (SSSR count). The summed E-state index contributed by atoms with van der Waals surface area (Å²) in [6.07, 6.45) is 2.07. The summed E-state index contributed by atoms with van der Waals surface area (Å²) >= 11 is 0. The third-order valence-corrected chi connectivity index (χ3v) is 2.79. The van der Waals surface area contributed by atoms with Gasteiger partial charge in [-0.25, -0.2) is 5.84 Å². The molecule has 4 heteroatoms. The van der Waals surface area contributed by atoms with Gasteiger partial charge in [0.25, 0.3) is 0 Å². The molecule has 0 spiro atoms. The monoisotopic (exact) mass is 223 g/mol. The highest BCUT2D eigenvalue weighted by atomic mass is 35.5. The molecule has 1 aliphatic heterocycles. The Kier molecular flexibility index (Phi) is 3.57. The van der Waals surface area contributed by atoms with Crippen molar-refractivity contribution in [2.45, 2.75) is 25.8 Å². The molecule has 1 heterocycles. The van der Waals surface area contributed by atoms with Crippen LogP contribution in [0.5, 0.6) is 0 Å². The van der Waals surface area contributed by atoms with Gasteiger partial charge < -0.3 is 5.01 Å². The Balaban J connectivity index is 0.00000112. The van der Waals surface area contributed by atoms with E-state index in [4.69, 9.17) is 11.1 Å². The number of halogens is 1. The lowest BCUT2D eigenvalue weighted by atomic mass is 9.97. The molecule has 0 bridgehead atoms. The predicted molar refractivity (Wildman–Crippen MR) is 62.9 cm³/mol. The first-order valence-corrected chi connectivity index (χ1v) is 4.79. The van der Waals surface area contributed by atoms with Crippen LogP contribution < -0.4 is 10.9 Å². The third kappa shape index (κ3) is 2.06. The standard InChI is InChI=1S/C11H13N3.ClH/c1-8-2-4-10-6-9(7-12)3-5-11(10)14(8)13;/h3,5-6,8H,2,4,13H2,1H3;1H. The van der Waals surface area contributed by atoms with Crippen molar-refractivity contribution in [3.63, 3.8) is 0 Å². The van der Waals surface area contributed by atoms with Gasteiger partial charge in [-0.15, -0.1) is 12.4 Å². The van der Waals surface area contributed by atoms with Crippen LogP contribution in [0, 0.1) is 11.3 Å². The maximum absolute atomic E-state index is 8.76. The minimum absolute atomic E-state index is 0. The molecule has 1 aliphatic rings. The highest BCUT2D eigenvalue weighted by molar-refractivity contribution is 5.85. The van der Waals surface area contributed by atoms with Crippen LogP contribution in [0.4, 0.5) is 5.69 Å². The number of nitrogens with zero attached hydrogens (tertiary/aromatic N) is 2. The number of hydrazine groups is 1. The zero-order valence-corrected chi connectivity index (χ0v) is 9.42. The number of nitrogens with two attached hydrogens (primary N) is 1. The highest BCUT2D eigenvalue weighted by Gasteiger charge is 2.20. The molecule has 0 aromatic heterocycles. The molecule has 0 amide bonds. The average molecular weight is 224 g/mol. The minimum atomic E-state index is 0. The number of benzene rings is 1. The van der Waals surface area contributed by atoms with Crippen molar-refractivity contribution in [3.05, 3.63) is 29.3 Å². The predicted octanol–water partition coefficient (Wildman–Crippen LogP) is 1.99. The van der Waals surface area contributed by atoms with Gasteiger partial charge in [0, 0.05) is 6.04 Å². The van der Waals surface area contributed by atoms with E-state index in [1.54, 1.807) is 5.01 Å². The molecule has 0 aliphatic carbocycles. The molecule has 3 nitrogen and oxygen atoms in total. The van der Waals surface area contributed by atoms with E-state index in [9.17, 15) is 0 Å². The fourth-order valence-electron chi connectivity index (χ4n) is 1.85. The summed E-state index contributed by atoms with van der Waals surface area (Å²) in [4.78, 5) is 0. The third-order valence-electron chi connectivity index (χ3n) is 2.79. The van der Waals surface area contributed by atoms with Crippen LogP contribution >= 0.6 is 12.4 Å². The fourth-order valence-corrected chi connectivity index (χ4v) is 1.85. The van der Waals surface area contributed by atoms with Crippen molar-refractivity contribution in [2.24, 2.45) is 5.84 Å². The van der Waals surface area contributed by atoms with Gasteiger partial charge in [-0.05, 0) is 43.5 Å². The van der Waals surface area contributed by atoms with Crippen molar-refractivity contribution in [1.29, 1.82) is 5.26 Å². The number of hydrogen-bond donors (Lipinski definition) is 1. The van der Waals surface area contributed by atoms with Gasteiger partial charge in [-0.1, -0.05) is 0 Å². The first-order chi connectivity index (χ1) is 6.72. The normalized spacial score (nSPS) is 18.7. The second-order valence-corrected chi connectivity index (χ2v) is 3.75. The Morgan fingerprint density at radius 1 is 1.53 bits per heavy atom. The zero-order chi connectivity index (χ0) is 10.1. The summed E-state index contributed by atoms with van der Waals surface area (Å²) in [6, 6.07) is 8.21. The minimum Gasteiger partial charge on any atom is -0.308 e. The Labute approximate surface area is 95.9 Å². The van der Waals surface area contributed by atoms with Crippen LogP contribution in [-0.2, 0) is 6.42 Å². The van der Waals surface area contributed by atoms with Crippen molar-refractivity contribution < 1.29 is 0 Å². The van der Waals surface area contributed by atoms with Crippen LogP contribution in [0.2, 0.25) is 0 Å². The number of fused-ring (bicyclic) bond motifs is 1. The lowest BCUT2D eigenvalue weighted by Gasteiger charge is -2.32. The topological polar surface area (TPSA) is 53.0 Å². The van der Waals surface area contributed by atoms with E-state index in [1.807, 2.05) is 18.2 Å². The van der Waals surface area contributed by atoms with E-state index < -0.39 is 0 Å². The number of anilines is 1. The molecule has 1 aromatic rings. The van der Waals surface area contributed by atoms with Crippen LogP contribution in [0.25, 0.3) is 0 Å². The Bertz CT molecular complexity index is 397. The molecule has 1 aromatic carbocycles. The number of hydrogen-bond acceptors (Lipinski definition) is 3. The number of rotatable bonds is 0. The summed E-state index contributed by atoms with van der Waals surface area (Å²) in [5, 5.41) is 10.6. The van der Waals surface area contributed by atoms with E-state index in [-0.39, 0.29) is 12.4 Å². The fraction of sp³-hybridized carbons (Fsp3) is 0.364. The van der Waals surface area contributed by atoms with Gasteiger partial charge in [0.2, 0.25) is 0 Å².